The Kier molecular flexibility index (Phi) is 2.98. The molecule has 96 valence electrons. The smallest absolute Gasteiger partial charge is 0.275 e. The number of aryl methyl sites for hydroxylation is 1. The van der Waals surface area contributed by atoms with Crippen LogP contribution in [0.4, 0.5) is 5.13 Å². The van der Waals surface area contributed by atoms with Crippen molar-refractivity contribution >= 4 is 16.5 Å². The van der Waals surface area contributed by atoms with E-state index >= 15 is 0 Å². The fourth-order valence-corrected chi connectivity index (χ4v) is 2.13. The molecule has 0 radical (unpaired) electrons. The van der Waals surface area contributed by atoms with Crippen molar-refractivity contribution in [1.29, 1.82) is 0 Å². The zero-order valence-corrected chi connectivity index (χ0v) is 11.7. The average molecular weight is 264 g/mol. The molecule has 5 nitrogen and oxygen atoms in total. The van der Waals surface area contributed by atoms with Gasteiger partial charge in [-0.2, -0.15) is 5.10 Å². The number of rotatable bonds is 1. The van der Waals surface area contributed by atoms with Crippen LogP contribution in [-0.2, 0) is 12.5 Å². The lowest BCUT2D eigenvalue weighted by Crippen LogP contribution is -2.26. The van der Waals surface area contributed by atoms with Gasteiger partial charge < -0.3 is 5.73 Å². The van der Waals surface area contributed by atoms with Gasteiger partial charge in [-0.1, -0.05) is 20.8 Å². The van der Waals surface area contributed by atoms with Crippen LogP contribution in [0, 0.1) is 0 Å². The van der Waals surface area contributed by atoms with E-state index in [-0.39, 0.29) is 11.0 Å². The minimum absolute atomic E-state index is 0.123. The molecule has 2 aromatic rings. The van der Waals surface area contributed by atoms with Gasteiger partial charge in [-0.25, -0.2) is 9.67 Å². The van der Waals surface area contributed by atoms with E-state index in [1.807, 2.05) is 0 Å². The first-order valence-electron chi connectivity index (χ1n) is 5.59. The third-order valence-electron chi connectivity index (χ3n) is 2.63. The van der Waals surface area contributed by atoms with Crippen LogP contribution in [0.5, 0.6) is 0 Å². The summed E-state index contributed by atoms with van der Waals surface area (Å²) in [4.78, 5) is 16.2. The Morgan fingerprint density at radius 3 is 2.56 bits per heavy atom. The third-order valence-corrected chi connectivity index (χ3v) is 3.30. The van der Waals surface area contributed by atoms with E-state index in [2.05, 4.69) is 30.9 Å². The maximum atomic E-state index is 12.1. The largest absolute Gasteiger partial charge is 0.375 e. The van der Waals surface area contributed by atoms with Crippen molar-refractivity contribution in [2.75, 3.05) is 5.73 Å². The molecule has 18 heavy (non-hydrogen) atoms. The molecule has 2 heterocycles. The first kappa shape index (κ1) is 12.8. The van der Waals surface area contributed by atoms with E-state index < -0.39 is 0 Å². The summed E-state index contributed by atoms with van der Waals surface area (Å²) in [6.07, 6.45) is 0. The van der Waals surface area contributed by atoms with Crippen LogP contribution in [0.3, 0.4) is 0 Å². The maximum absolute atomic E-state index is 12.1. The van der Waals surface area contributed by atoms with Gasteiger partial charge >= 0.3 is 0 Å². The van der Waals surface area contributed by atoms with Crippen molar-refractivity contribution in [3.63, 3.8) is 0 Å². The van der Waals surface area contributed by atoms with Gasteiger partial charge in [0.05, 0.1) is 17.0 Å². The molecule has 0 unspecified atom stereocenters. The van der Waals surface area contributed by atoms with Gasteiger partial charge in [0.2, 0.25) is 0 Å². The molecule has 0 aliphatic rings. The van der Waals surface area contributed by atoms with Crippen LogP contribution in [-0.4, -0.2) is 14.8 Å². The molecule has 0 amide bonds. The fraction of sp³-hybridized carbons (Fsp3) is 0.417. The van der Waals surface area contributed by atoms with E-state index in [4.69, 9.17) is 5.73 Å². The molecule has 0 aromatic carbocycles. The van der Waals surface area contributed by atoms with Gasteiger partial charge in [-0.15, -0.1) is 11.3 Å². The summed E-state index contributed by atoms with van der Waals surface area (Å²) in [6.45, 7) is 6.16. The molecule has 2 rings (SSSR count). The Bertz CT molecular complexity index is 636. The normalized spacial score (nSPS) is 11.8. The van der Waals surface area contributed by atoms with Crippen LogP contribution >= 0.6 is 11.3 Å². The second-order valence-corrected chi connectivity index (χ2v) is 6.08. The van der Waals surface area contributed by atoms with Crippen LogP contribution < -0.4 is 11.3 Å². The molecule has 0 saturated carbocycles. The minimum Gasteiger partial charge on any atom is -0.375 e. The average Bonchev–Trinajstić information content (AvgIpc) is 2.67. The van der Waals surface area contributed by atoms with E-state index in [1.54, 1.807) is 18.5 Å². The highest BCUT2D eigenvalue weighted by Crippen LogP contribution is 2.25. The summed E-state index contributed by atoms with van der Waals surface area (Å²) in [5.74, 6) is 0. The molecule has 6 heteroatoms. The minimum atomic E-state index is -0.159. The first-order valence-corrected chi connectivity index (χ1v) is 6.47. The number of hydrogen-bond acceptors (Lipinski definition) is 5. The molecular formula is C12H16N4OS. The Hall–Kier alpha value is -1.69. The molecule has 2 N–H and O–H groups in total. The quantitative estimate of drug-likeness (QED) is 0.852. The Balaban J connectivity index is 2.67. The van der Waals surface area contributed by atoms with Crippen molar-refractivity contribution in [1.82, 2.24) is 14.8 Å². The number of nitrogen functional groups attached to an aromatic ring is 1. The lowest BCUT2D eigenvalue weighted by molar-refractivity contribution is 0.532. The van der Waals surface area contributed by atoms with Crippen LogP contribution in [0.25, 0.3) is 11.3 Å². The van der Waals surface area contributed by atoms with Gasteiger partial charge in [0.1, 0.15) is 0 Å². The molecule has 0 saturated heterocycles. The molecule has 0 aliphatic carbocycles. The highest BCUT2D eigenvalue weighted by atomic mass is 32.1. The van der Waals surface area contributed by atoms with Crippen LogP contribution in [0.1, 0.15) is 26.5 Å². The number of hydrogen-bond donors (Lipinski definition) is 1. The molecule has 0 fully saturated rings. The van der Waals surface area contributed by atoms with Gasteiger partial charge in [0.25, 0.3) is 5.56 Å². The Morgan fingerprint density at radius 2 is 2.06 bits per heavy atom. The molecule has 0 atom stereocenters. The standard InChI is InChI=1S/C12H16N4OS/c1-12(2,3)9-5-7(10(17)16(4)15-9)8-6-18-11(13)14-8/h5-6H,1-4H3,(H2,13,14). The summed E-state index contributed by atoms with van der Waals surface area (Å²) in [5.41, 5.74) is 7.34. The SMILES string of the molecule is Cn1nc(C(C)(C)C)cc(-c2csc(N)n2)c1=O. The van der Waals surface area contributed by atoms with Crippen LogP contribution in [0.2, 0.25) is 0 Å². The van der Waals surface area contributed by atoms with Gasteiger partial charge in [-0.3, -0.25) is 4.79 Å². The second-order valence-electron chi connectivity index (χ2n) is 5.19. The zero-order chi connectivity index (χ0) is 13.5. The van der Waals surface area contributed by atoms with Crippen LogP contribution in [0.15, 0.2) is 16.2 Å². The van der Waals surface area contributed by atoms with E-state index in [0.717, 1.165) is 5.69 Å². The predicted molar refractivity (Wildman–Crippen MR) is 73.7 cm³/mol. The van der Waals surface area contributed by atoms with Crippen molar-refractivity contribution in [2.24, 2.45) is 7.05 Å². The predicted octanol–water partition coefficient (Wildman–Crippen LogP) is 1.78. The highest BCUT2D eigenvalue weighted by Gasteiger charge is 2.20. The molecular weight excluding hydrogens is 248 g/mol. The summed E-state index contributed by atoms with van der Waals surface area (Å²) < 4.78 is 1.35. The first-order chi connectivity index (χ1) is 8.29. The van der Waals surface area contributed by atoms with Gasteiger partial charge in [0, 0.05) is 17.8 Å². The van der Waals surface area contributed by atoms with E-state index in [1.165, 1.54) is 16.0 Å². The fourth-order valence-electron chi connectivity index (χ4n) is 1.57. The molecule has 2 aromatic heterocycles. The Morgan fingerprint density at radius 1 is 1.39 bits per heavy atom. The van der Waals surface area contributed by atoms with Crippen molar-refractivity contribution < 1.29 is 0 Å². The maximum Gasteiger partial charge on any atom is 0.275 e. The number of anilines is 1. The lowest BCUT2D eigenvalue weighted by atomic mass is 9.91. The highest BCUT2D eigenvalue weighted by molar-refractivity contribution is 7.13. The molecule has 0 bridgehead atoms. The monoisotopic (exact) mass is 264 g/mol. The summed E-state index contributed by atoms with van der Waals surface area (Å²) in [5, 5.41) is 6.54. The zero-order valence-electron chi connectivity index (χ0n) is 10.9. The topological polar surface area (TPSA) is 73.8 Å². The second kappa shape index (κ2) is 4.20. The van der Waals surface area contributed by atoms with Gasteiger partial charge in [0.15, 0.2) is 5.13 Å². The third kappa shape index (κ3) is 2.28. The summed E-state index contributed by atoms with van der Waals surface area (Å²) in [6, 6.07) is 1.80. The van der Waals surface area contributed by atoms with Gasteiger partial charge in [-0.05, 0) is 6.07 Å². The van der Waals surface area contributed by atoms with Crippen molar-refractivity contribution in [3.8, 4) is 11.3 Å². The summed E-state index contributed by atoms with van der Waals surface area (Å²) in [7, 11) is 1.65. The lowest BCUT2D eigenvalue weighted by Gasteiger charge is -2.18. The Labute approximate surface area is 109 Å². The van der Waals surface area contributed by atoms with E-state index in [0.29, 0.717) is 16.4 Å². The molecule has 0 spiro atoms. The van der Waals surface area contributed by atoms with Crippen molar-refractivity contribution in [2.45, 2.75) is 26.2 Å². The number of thiazole rings is 1. The molecule has 0 aliphatic heterocycles. The summed E-state index contributed by atoms with van der Waals surface area (Å²) >= 11 is 1.33. The van der Waals surface area contributed by atoms with Crippen molar-refractivity contribution in [3.05, 3.63) is 27.5 Å². The number of aromatic nitrogens is 3. The van der Waals surface area contributed by atoms with E-state index in [9.17, 15) is 4.79 Å². The number of nitrogens with zero attached hydrogens (tertiary/aromatic N) is 3. The number of nitrogens with two attached hydrogens (primary N) is 1.